The van der Waals surface area contributed by atoms with Crippen LogP contribution < -0.4 is 5.32 Å². The van der Waals surface area contributed by atoms with Gasteiger partial charge in [0.25, 0.3) is 0 Å². The first kappa shape index (κ1) is 20.0. The second-order valence-corrected chi connectivity index (χ2v) is 7.02. The molecule has 0 spiro atoms. The zero-order chi connectivity index (χ0) is 19.9. The minimum absolute atomic E-state index is 0.0788. The Bertz CT molecular complexity index is 941. The Morgan fingerprint density at radius 2 is 2.00 bits per heavy atom. The maximum Gasteiger partial charge on any atom is 0.249 e. The third-order valence-electron chi connectivity index (χ3n) is 4.14. The number of carbonyl (C=O) groups is 1. The number of nitrogens with one attached hydrogen (secondary N) is 1. The number of amides is 1. The van der Waals surface area contributed by atoms with Gasteiger partial charge in [-0.05, 0) is 49.7 Å². The lowest BCUT2D eigenvalue weighted by Crippen LogP contribution is -2.33. The quantitative estimate of drug-likeness (QED) is 0.602. The molecule has 1 N–H and O–H groups in total. The van der Waals surface area contributed by atoms with E-state index in [4.69, 9.17) is 16.0 Å². The molecule has 0 saturated heterocycles. The Labute approximate surface area is 169 Å². The van der Waals surface area contributed by atoms with Gasteiger partial charge in [0.05, 0.1) is 23.7 Å². The molecule has 1 heterocycles. The number of carbonyl (C=O) groups excluding carboxylic acids is 1. The van der Waals surface area contributed by atoms with E-state index < -0.39 is 0 Å². The molecular formula is C21H23ClN4O2. The van der Waals surface area contributed by atoms with E-state index in [1.807, 2.05) is 54.3 Å². The molecule has 0 unspecified atom stereocenters. The molecule has 3 aromatic rings. The number of aromatic nitrogens is 2. The maximum atomic E-state index is 12.4. The predicted octanol–water partition coefficient (Wildman–Crippen LogP) is 4.55. The van der Waals surface area contributed by atoms with E-state index in [0.29, 0.717) is 28.9 Å². The lowest BCUT2D eigenvalue weighted by atomic mass is 10.2. The third kappa shape index (κ3) is 5.41. The lowest BCUT2D eigenvalue weighted by molar-refractivity contribution is -0.117. The molecule has 0 bridgehead atoms. The predicted molar refractivity (Wildman–Crippen MR) is 110 cm³/mol. The van der Waals surface area contributed by atoms with Gasteiger partial charge in [-0.15, -0.1) is 10.2 Å². The Morgan fingerprint density at radius 1 is 1.18 bits per heavy atom. The van der Waals surface area contributed by atoms with Crippen molar-refractivity contribution in [2.24, 2.45) is 0 Å². The molecule has 0 saturated carbocycles. The van der Waals surface area contributed by atoms with Crippen molar-refractivity contribution in [3.05, 3.63) is 65.0 Å². The van der Waals surface area contributed by atoms with Crippen LogP contribution in [0.1, 0.15) is 24.8 Å². The largest absolute Gasteiger partial charge is 0.419 e. The Balaban J connectivity index is 1.64. The molecule has 3 rings (SSSR count). The highest BCUT2D eigenvalue weighted by atomic mass is 35.5. The van der Waals surface area contributed by atoms with Crippen LogP contribution in [0.2, 0.25) is 5.02 Å². The van der Waals surface area contributed by atoms with Crippen molar-refractivity contribution in [2.45, 2.75) is 26.8 Å². The average molecular weight is 399 g/mol. The third-order valence-corrected chi connectivity index (χ3v) is 4.47. The fraction of sp³-hybridized carbons (Fsp3) is 0.286. The van der Waals surface area contributed by atoms with Crippen LogP contribution in [0.15, 0.2) is 52.9 Å². The number of aryl methyl sites for hydroxylation is 1. The maximum absolute atomic E-state index is 12.4. The fourth-order valence-electron chi connectivity index (χ4n) is 2.91. The van der Waals surface area contributed by atoms with Crippen LogP contribution in [0.3, 0.4) is 0 Å². The zero-order valence-electron chi connectivity index (χ0n) is 16.0. The summed E-state index contributed by atoms with van der Waals surface area (Å²) >= 11 is 6.19. The normalized spacial score (nSPS) is 11.0. The summed E-state index contributed by atoms with van der Waals surface area (Å²) in [6, 6.07) is 15.1. The van der Waals surface area contributed by atoms with Crippen LogP contribution in [0, 0.1) is 6.92 Å². The van der Waals surface area contributed by atoms with Gasteiger partial charge >= 0.3 is 0 Å². The highest BCUT2D eigenvalue weighted by molar-refractivity contribution is 6.33. The highest BCUT2D eigenvalue weighted by Gasteiger charge is 2.16. The highest BCUT2D eigenvalue weighted by Crippen LogP contribution is 2.26. The summed E-state index contributed by atoms with van der Waals surface area (Å²) < 4.78 is 5.76. The minimum atomic E-state index is -0.0788. The van der Waals surface area contributed by atoms with Crippen LogP contribution in [0.5, 0.6) is 0 Å². The van der Waals surface area contributed by atoms with Crippen molar-refractivity contribution >= 4 is 23.2 Å². The summed E-state index contributed by atoms with van der Waals surface area (Å²) in [5.74, 6) is 0.748. The molecule has 0 fully saturated rings. The van der Waals surface area contributed by atoms with Gasteiger partial charge in [0.15, 0.2) is 0 Å². The molecule has 0 atom stereocenters. The van der Waals surface area contributed by atoms with Gasteiger partial charge in [0, 0.05) is 5.69 Å². The smallest absolute Gasteiger partial charge is 0.249 e. The van der Waals surface area contributed by atoms with Gasteiger partial charge in [-0.3, -0.25) is 9.69 Å². The molecule has 146 valence electrons. The number of benzene rings is 2. The SMILES string of the molecule is CCCN(CC(=O)Nc1cccc(C)c1)Cc1nnc(-c2ccccc2Cl)o1. The van der Waals surface area contributed by atoms with Gasteiger partial charge in [-0.1, -0.05) is 42.8 Å². The summed E-state index contributed by atoms with van der Waals surface area (Å²) in [6.07, 6.45) is 0.906. The molecular weight excluding hydrogens is 376 g/mol. The van der Waals surface area contributed by atoms with Crippen molar-refractivity contribution in [3.8, 4) is 11.5 Å². The summed E-state index contributed by atoms with van der Waals surface area (Å²) in [5, 5.41) is 11.7. The van der Waals surface area contributed by atoms with E-state index in [0.717, 1.165) is 24.2 Å². The van der Waals surface area contributed by atoms with Gasteiger partial charge in [-0.2, -0.15) is 0 Å². The van der Waals surface area contributed by atoms with Crippen molar-refractivity contribution in [3.63, 3.8) is 0 Å². The van der Waals surface area contributed by atoms with E-state index >= 15 is 0 Å². The Kier molecular flexibility index (Phi) is 6.79. The van der Waals surface area contributed by atoms with Crippen LogP contribution in [-0.2, 0) is 11.3 Å². The topological polar surface area (TPSA) is 71.3 Å². The van der Waals surface area contributed by atoms with Crippen molar-refractivity contribution in [2.75, 3.05) is 18.4 Å². The molecule has 0 radical (unpaired) electrons. The summed E-state index contributed by atoms with van der Waals surface area (Å²) in [5.41, 5.74) is 2.59. The molecule has 6 nitrogen and oxygen atoms in total. The average Bonchev–Trinajstić information content (AvgIpc) is 3.10. The second kappa shape index (κ2) is 9.48. The van der Waals surface area contributed by atoms with E-state index in [2.05, 4.69) is 22.4 Å². The first-order valence-electron chi connectivity index (χ1n) is 9.21. The van der Waals surface area contributed by atoms with Crippen molar-refractivity contribution in [1.29, 1.82) is 0 Å². The molecule has 1 aromatic heterocycles. The van der Waals surface area contributed by atoms with E-state index in [1.165, 1.54) is 0 Å². The number of nitrogens with zero attached hydrogens (tertiary/aromatic N) is 3. The van der Waals surface area contributed by atoms with Crippen molar-refractivity contribution in [1.82, 2.24) is 15.1 Å². The summed E-state index contributed by atoms with van der Waals surface area (Å²) in [6.45, 7) is 5.43. The molecule has 28 heavy (non-hydrogen) atoms. The number of rotatable bonds is 8. The number of anilines is 1. The van der Waals surface area contributed by atoms with Crippen LogP contribution in [0.25, 0.3) is 11.5 Å². The zero-order valence-corrected chi connectivity index (χ0v) is 16.7. The number of hydrogen-bond acceptors (Lipinski definition) is 5. The molecule has 0 aliphatic heterocycles. The standard InChI is InChI=1S/C21H23ClN4O2/c1-3-11-26(13-19(27)23-16-8-6-7-15(2)12-16)14-20-24-25-21(28-20)17-9-4-5-10-18(17)22/h4-10,12H,3,11,13-14H2,1-2H3,(H,23,27). The first-order valence-corrected chi connectivity index (χ1v) is 9.59. The molecule has 7 heteroatoms. The van der Waals surface area contributed by atoms with Gasteiger partial charge in [-0.25, -0.2) is 0 Å². The van der Waals surface area contributed by atoms with Crippen LogP contribution >= 0.6 is 11.6 Å². The number of hydrogen-bond donors (Lipinski definition) is 1. The molecule has 1 amide bonds. The Morgan fingerprint density at radius 3 is 2.75 bits per heavy atom. The lowest BCUT2D eigenvalue weighted by Gasteiger charge is -2.19. The summed E-state index contributed by atoms with van der Waals surface area (Å²) in [4.78, 5) is 14.4. The molecule has 2 aromatic carbocycles. The fourth-order valence-corrected chi connectivity index (χ4v) is 3.13. The van der Waals surface area contributed by atoms with Crippen LogP contribution in [0.4, 0.5) is 5.69 Å². The van der Waals surface area contributed by atoms with Crippen LogP contribution in [-0.4, -0.2) is 34.1 Å². The molecule has 0 aliphatic carbocycles. The first-order chi connectivity index (χ1) is 13.5. The van der Waals surface area contributed by atoms with Gasteiger partial charge < -0.3 is 9.73 Å². The molecule has 0 aliphatic rings. The second-order valence-electron chi connectivity index (χ2n) is 6.61. The number of halogens is 1. The van der Waals surface area contributed by atoms with E-state index in [-0.39, 0.29) is 12.5 Å². The van der Waals surface area contributed by atoms with Gasteiger partial charge in [0.1, 0.15) is 0 Å². The van der Waals surface area contributed by atoms with E-state index in [1.54, 1.807) is 6.07 Å². The Hall–Kier alpha value is -2.70. The van der Waals surface area contributed by atoms with Crippen molar-refractivity contribution < 1.29 is 9.21 Å². The van der Waals surface area contributed by atoms with Gasteiger partial charge in [0.2, 0.25) is 17.7 Å². The monoisotopic (exact) mass is 398 g/mol. The van der Waals surface area contributed by atoms with E-state index in [9.17, 15) is 4.79 Å². The summed E-state index contributed by atoms with van der Waals surface area (Å²) in [7, 11) is 0. The minimum Gasteiger partial charge on any atom is -0.419 e.